The Morgan fingerprint density at radius 1 is 1.09 bits per heavy atom. The van der Waals surface area contributed by atoms with Crippen molar-refractivity contribution in [2.75, 3.05) is 38.7 Å². The molecule has 0 aromatic heterocycles. The summed E-state index contributed by atoms with van der Waals surface area (Å²) in [7, 11) is 1.33. The molecular formula is C14H22N2O6. The van der Waals surface area contributed by atoms with E-state index in [2.05, 4.69) is 10.6 Å². The largest absolute Gasteiger partial charge is 0.491 e. The van der Waals surface area contributed by atoms with Crippen molar-refractivity contribution < 1.29 is 19.0 Å². The molecule has 0 aliphatic carbocycles. The fourth-order valence-electron chi connectivity index (χ4n) is 1.62. The van der Waals surface area contributed by atoms with E-state index in [1.54, 1.807) is 20.8 Å². The van der Waals surface area contributed by atoms with Crippen molar-refractivity contribution in [3.63, 3.8) is 0 Å². The molecule has 1 aromatic rings. The van der Waals surface area contributed by atoms with Crippen molar-refractivity contribution in [2.24, 2.45) is 0 Å². The Morgan fingerprint density at radius 3 is 2.32 bits per heavy atom. The van der Waals surface area contributed by atoms with Crippen molar-refractivity contribution in [2.45, 2.75) is 26.4 Å². The van der Waals surface area contributed by atoms with Crippen molar-refractivity contribution in [1.29, 1.82) is 0 Å². The number of ether oxygens (including phenoxy) is 3. The SMILES string of the molecule is COc1c(NCCOCCNC(=O)OC(C)(C)C)c(=O)c1=O. The molecule has 0 saturated carbocycles. The molecule has 8 nitrogen and oxygen atoms in total. The minimum Gasteiger partial charge on any atom is -0.491 e. The molecule has 8 heteroatoms. The van der Waals surface area contributed by atoms with Crippen molar-refractivity contribution in [1.82, 2.24) is 5.32 Å². The number of alkyl carbamates (subject to hydrolysis) is 1. The smallest absolute Gasteiger partial charge is 0.407 e. The second-order valence-electron chi connectivity index (χ2n) is 5.53. The average Bonchev–Trinajstić information content (AvgIpc) is 2.42. The molecule has 0 saturated heterocycles. The van der Waals surface area contributed by atoms with Crippen LogP contribution in [-0.4, -0.2) is 45.1 Å². The van der Waals surface area contributed by atoms with Crippen LogP contribution in [0.4, 0.5) is 10.5 Å². The molecule has 1 aromatic carbocycles. The number of rotatable bonds is 8. The van der Waals surface area contributed by atoms with Gasteiger partial charge in [0, 0.05) is 13.1 Å². The summed E-state index contributed by atoms with van der Waals surface area (Å²) in [5, 5.41) is 5.33. The quantitative estimate of drug-likeness (QED) is 0.523. The molecule has 1 amide bonds. The number of amides is 1. The summed E-state index contributed by atoms with van der Waals surface area (Å²) in [4.78, 5) is 33.6. The summed E-state index contributed by atoms with van der Waals surface area (Å²) < 4.78 is 15.1. The highest BCUT2D eigenvalue weighted by Gasteiger charge is 2.20. The second kappa shape index (κ2) is 7.79. The molecule has 1 rings (SSSR count). The Balaban J connectivity index is 2.09. The van der Waals surface area contributed by atoms with E-state index in [1.165, 1.54) is 7.11 Å². The van der Waals surface area contributed by atoms with Crippen LogP contribution in [-0.2, 0) is 9.47 Å². The lowest BCUT2D eigenvalue weighted by Crippen LogP contribution is -2.36. The van der Waals surface area contributed by atoms with Gasteiger partial charge in [-0.25, -0.2) is 4.79 Å². The number of carbonyl (C=O) groups excluding carboxylic acids is 1. The van der Waals surface area contributed by atoms with Crippen LogP contribution in [0, 0.1) is 0 Å². The van der Waals surface area contributed by atoms with Crippen LogP contribution in [0.25, 0.3) is 0 Å². The van der Waals surface area contributed by atoms with Gasteiger partial charge in [0.1, 0.15) is 11.3 Å². The number of hydrogen-bond donors (Lipinski definition) is 2. The lowest BCUT2D eigenvalue weighted by Gasteiger charge is -2.19. The second-order valence-corrected chi connectivity index (χ2v) is 5.53. The van der Waals surface area contributed by atoms with E-state index in [0.29, 0.717) is 26.3 Å². The maximum Gasteiger partial charge on any atom is 0.407 e. The maximum atomic E-state index is 11.3. The first kappa shape index (κ1) is 18.0. The van der Waals surface area contributed by atoms with E-state index in [9.17, 15) is 14.4 Å². The molecule has 0 fully saturated rings. The van der Waals surface area contributed by atoms with Crippen molar-refractivity contribution in [3.8, 4) is 5.75 Å². The van der Waals surface area contributed by atoms with Crippen LogP contribution in [0.2, 0.25) is 0 Å². The van der Waals surface area contributed by atoms with E-state index in [0.717, 1.165) is 0 Å². The van der Waals surface area contributed by atoms with Gasteiger partial charge in [-0.1, -0.05) is 0 Å². The normalized spacial score (nSPS) is 11.3. The Bertz CT molecular complexity index is 569. The van der Waals surface area contributed by atoms with Crippen molar-refractivity contribution >= 4 is 11.8 Å². The fraction of sp³-hybridized carbons (Fsp3) is 0.643. The molecule has 124 valence electrons. The summed E-state index contributed by atoms with van der Waals surface area (Å²) in [5.41, 5.74) is -1.55. The third-order valence-electron chi connectivity index (χ3n) is 2.53. The van der Waals surface area contributed by atoms with E-state index in [-0.39, 0.29) is 11.4 Å². The molecule has 0 radical (unpaired) electrons. The van der Waals surface area contributed by atoms with Gasteiger partial charge < -0.3 is 24.8 Å². The minimum absolute atomic E-state index is 0.0524. The van der Waals surface area contributed by atoms with E-state index < -0.39 is 22.6 Å². The van der Waals surface area contributed by atoms with Crippen LogP contribution in [0.3, 0.4) is 0 Å². The van der Waals surface area contributed by atoms with Crippen LogP contribution in [0.15, 0.2) is 9.59 Å². The van der Waals surface area contributed by atoms with Gasteiger partial charge in [-0.3, -0.25) is 9.59 Å². The highest BCUT2D eigenvalue weighted by Crippen LogP contribution is 2.15. The van der Waals surface area contributed by atoms with Gasteiger partial charge in [0.2, 0.25) is 0 Å². The molecule has 0 spiro atoms. The Morgan fingerprint density at radius 2 is 1.73 bits per heavy atom. The van der Waals surface area contributed by atoms with Gasteiger partial charge >= 0.3 is 6.09 Å². The number of carbonyl (C=O) groups is 1. The van der Waals surface area contributed by atoms with Crippen LogP contribution in [0.1, 0.15) is 20.8 Å². The maximum absolute atomic E-state index is 11.3. The van der Waals surface area contributed by atoms with E-state index in [1.807, 2.05) is 0 Å². The molecule has 0 atom stereocenters. The molecule has 0 bridgehead atoms. The summed E-state index contributed by atoms with van der Waals surface area (Å²) in [5.74, 6) is 0.0524. The zero-order chi connectivity index (χ0) is 16.8. The van der Waals surface area contributed by atoms with Gasteiger partial charge in [-0.2, -0.15) is 0 Å². The van der Waals surface area contributed by atoms with Gasteiger partial charge in [0.25, 0.3) is 10.9 Å². The molecule has 0 heterocycles. The number of hydrogen-bond acceptors (Lipinski definition) is 7. The number of methoxy groups -OCH3 is 1. The highest BCUT2D eigenvalue weighted by molar-refractivity contribution is 5.67. The Kier molecular flexibility index (Phi) is 6.36. The monoisotopic (exact) mass is 314 g/mol. The topological polar surface area (TPSA) is 103 Å². The molecule has 0 aliphatic heterocycles. The standard InChI is InChI=1S/C14H22N2O6/c1-14(2,3)22-13(19)16-6-8-21-7-5-15-9-10(17)11(18)12(9)20-4/h15H,5-8H2,1-4H3,(H,16,19). The molecule has 2 N–H and O–H groups in total. The predicted octanol–water partition coefficient (Wildman–Crippen LogP) is 0.244. The van der Waals surface area contributed by atoms with Gasteiger partial charge in [0.05, 0.1) is 20.3 Å². The first-order valence-corrected chi connectivity index (χ1v) is 6.92. The van der Waals surface area contributed by atoms with Crippen LogP contribution >= 0.6 is 0 Å². The van der Waals surface area contributed by atoms with Crippen molar-refractivity contribution in [3.05, 3.63) is 20.4 Å². The van der Waals surface area contributed by atoms with Gasteiger partial charge in [-0.05, 0) is 20.8 Å². The Labute approximate surface area is 128 Å². The lowest BCUT2D eigenvalue weighted by atomic mass is 10.2. The summed E-state index contributed by atoms with van der Waals surface area (Å²) in [6.45, 7) is 6.65. The van der Waals surface area contributed by atoms with Gasteiger partial charge in [0.15, 0.2) is 5.75 Å². The fourth-order valence-corrected chi connectivity index (χ4v) is 1.62. The van der Waals surface area contributed by atoms with Crippen LogP contribution < -0.4 is 26.2 Å². The molecule has 0 aliphatic rings. The van der Waals surface area contributed by atoms with E-state index >= 15 is 0 Å². The molecule has 22 heavy (non-hydrogen) atoms. The summed E-state index contributed by atoms with van der Waals surface area (Å²) in [6.07, 6.45) is -0.498. The lowest BCUT2D eigenvalue weighted by molar-refractivity contribution is 0.0502. The molecular weight excluding hydrogens is 292 g/mol. The zero-order valence-corrected chi connectivity index (χ0v) is 13.3. The summed E-state index contributed by atoms with van der Waals surface area (Å²) in [6, 6.07) is 0. The van der Waals surface area contributed by atoms with Crippen LogP contribution in [0.5, 0.6) is 5.75 Å². The third-order valence-corrected chi connectivity index (χ3v) is 2.53. The summed E-state index contributed by atoms with van der Waals surface area (Å²) >= 11 is 0. The van der Waals surface area contributed by atoms with Gasteiger partial charge in [-0.15, -0.1) is 0 Å². The van der Waals surface area contributed by atoms with E-state index in [4.69, 9.17) is 14.2 Å². The zero-order valence-electron chi connectivity index (χ0n) is 13.3. The molecule has 0 unspecified atom stereocenters. The Hall–Kier alpha value is -2.09. The first-order chi connectivity index (χ1) is 10.3. The first-order valence-electron chi connectivity index (χ1n) is 6.92. The predicted molar refractivity (Wildman–Crippen MR) is 81.5 cm³/mol. The number of anilines is 1. The number of nitrogens with one attached hydrogen (secondary N) is 2. The minimum atomic E-state index is -0.618. The average molecular weight is 314 g/mol. The highest BCUT2D eigenvalue weighted by atomic mass is 16.6. The third kappa shape index (κ3) is 5.36.